The number of hydrogen-bond donors (Lipinski definition) is 2. The summed E-state index contributed by atoms with van der Waals surface area (Å²) in [6.07, 6.45) is 17.9. The van der Waals surface area contributed by atoms with Gasteiger partial charge in [0.15, 0.2) is 6.29 Å². The van der Waals surface area contributed by atoms with Crippen molar-refractivity contribution in [2.75, 3.05) is 6.61 Å². The van der Waals surface area contributed by atoms with Crippen molar-refractivity contribution in [2.24, 2.45) is 0 Å². The monoisotopic (exact) mass is 380 g/mol. The maximum absolute atomic E-state index is 10.8. The van der Waals surface area contributed by atoms with Crippen LogP contribution in [0.2, 0.25) is 0 Å². The third kappa shape index (κ3) is 20.2. The van der Waals surface area contributed by atoms with Gasteiger partial charge < -0.3 is 14.5 Å². The van der Waals surface area contributed by atoms with Crippen LogP contribution in [0.3, 0.4) is 0 Å². The van der Waals surface area contributed by atoms with Crippen molar-refractivity contribution in [1.29, 1.82) is 0 Å². The Hall–Kier alpha value is 0.0700. The Kier molecular flexibility index (Phi) is 17.5. The molecule has 1 atom stereocenters. The Morgan fingerprint density at radius 1 is 0.720 bits per heavy atom. The van der Waals surface area contributed by atoms with Gasteiger partial charge in [-0.1, -0.05) is 97.3 Å². The van der Waals surface area contributed by atoms with Crippen LogP contribution in [-0.2, 0) is 13.8 Å². The number of unbranched alkanes of at least 4 members (excludes halogenated alkanes) is 13. The molecule has 0 aliphatic rings. The summed E-state index contributed by atoms with van der Waals surface area (Å²) in [6, 6.07) is 0. The van der Waals surface area contributed by atoms with Crippen LogP contribution in [0, 0.1) is 0 Å². The predicted molar refractivity (Wildman–Crippen MR) is 103 cm³/mol. The number of phosphoric acid groups is 1. The molecule has 0 saturated heterocycles. The van der Waals surface area contributed by atoms with Crippen LogP contribution in [0.15, 0.2) is 0 Å². The van der Waals surface area contributed by atoms with Gasteiger partial charge in [-0.25, -0.2) is 4.57 Å². The fraction of sp³-hybridized carbons (Fsp3) is 1.00. The first kappa shape index (κ1) is 25.1. The summed E-state index contributed by atoms with van der Waals surface area (Å²) in [6.45, 7) is 4.54. The molecule has 0 aromatic rings. The zero-order valence-corrected chi connectivity index (χ0v) is 17.4. The van der Waals surface area contributed by atoms with Gasteiger partial charge in [0.05, 0.1) is 0 Å². The quantitative estimate of drug-likeness (QED) is 0.156. The minimum Gasteiger partial charge on any atom is -0.352 e. The van der Waals surface area contributed by atoms with Gasteiger partial charge in [-0.15, -0.1) is 0 Å². The van der Waals surface area contributed by atoms with E-state index < -0.39 is 14.1 Å². The van der Waals surface area contributed by atoms with Crippen molar-refractivity contribution in [1.82, 2.24) is 0 Å². The van der Waals surface area contributed by atoms with E-state index in [1.165, 1.54) is 77.0 Å². The van der Waals surface area contributed by atoms with Gasteiger partial charge in [0, 0.05) is 6.61 Å². The highest BCUT2D eigenvalue weighted by atomic mass is 31.2. The maximum atomic E-state index is 10.8. The minimum atomic E-state index is -4.45. The molecule has 0 bridgehead atoms. The number of phosphoric ester groups is 1. The van der Waals surface area contributed by atoms with Crippen molar-refractivity contribution in [3.05, 3.63) is 0 Å². The summed E-state index contributed by atoms with van der Waals surface area (Å²) in [5.74, 6) is 0. The van der Waals surface area contributed by atoms with Crippen LogP contribution in [0.4, 0.5) is 0 Å². The topological polar surface area (TPSA) is 76.0 Å². The molecule has 0 amide bonds. The van der Waals surface area contributed by atoms with E-state index in [0.717, 1.165) is 12.8 Å². The maximum Gasteiger partial charge on any atom is 0.471 e. The average Bonchev–Trinajstić information content (AvgIpc) is 2.56. The minimum absolute atomic E-state index is 0.434. The van der Waals surface area contributed by atoms with Crippen LogP contribution in [0.25, 0.3) is 0 Å². The van der Waals surface area contributed by atoms with Crippen molar-refractivity contribution in [2.45, 2.75) is 116 Å². The van der Waals surface area contributed by atoms with E-state index in [-0.39, 0.29) is 0 Å². The molecular formula is C19H41O5P. The van der Waals surface area contributed by atoms with Gasteiger partial charge in [-0.3, -0.25) is 4.52 Å². The van der Waals surface area contributed by atoms with Gasteiger partial charge in [-0.2, -0.15) is 0 Å². The summed E-state index contributed by atoms with van der Waals surface area (Å²) < 4.78 is 20.7. The molecular weight excluding hydrogens is 339 g/mol. The highest BCUT2D eigenvalue weighted by Gasteiger charge is 2.21. The van der Waals surface area contributed by atoms with Crippen molar-refractivity contribution >= 4 is 7.82 Å². The molecule has 0 heterocycles. The highest BCUT2D eigenvalue weighted by molar-refractivity contribution is 7.46. The summed E-state index contributed by atoms with van der Waals surface area (Å²) in [5.41, 5.74) is 0. The second-order valence-electron chi connectivity index (χ2n) is 6.90. The largest absolute Gasteiger partial charge is 0.471 e. The lowest BCUT2D eigenvalue weighted by Crippen LogP contribution is -2.15. The summed E-state index contributed by atoms with van der Waals surface area (Å²) in [4.78, 5) is 17.5. The van der Waals surface area contributed by atoms with E-state index >= 15 is 0 Å². The van der Waals surface area contributed by atoms with Crippen molar-refractivity contribution in [3.63, 3.8) is 0 Å². The second kappa shape index (κ2) is 17.5. The van der Waals surface area contributed by atoms with E-state index in [2.05, 4.69) is 11.4 Å². The van der Waals surface area contributed by atoms with E-state index in [1.807, 2.05) is 0 Å². The highest BCUT2D eigenvalue weighted by Crippen LogP contribution is 2.38. The summed E-state index contributed by atoms with van der Waals surface area (Å²) in [7, 11) is -4.45. The molecule has 152 valence electrons. The lowest BCUT2D eigenvalue weighted by atomic mass is 10.0. The molecule has 0 fully saturated rings. The zero-order valence-electron chi connectivity index (χ0n) is 16.5. The van der Waals surface area contributed by atoms with Gasteiger partial charge >= 0.3 is 7.82 Å². The van der Waals surface area contributed by atoms with Crippen LogP contribution >= 0.6 is 7.82 Å². The van der Waals surface area contributed by atoms with E-state index in [1.54, 1.807) is 6.92 Å². The molecule has 0 saturated carbocycles. The fourth-order valence-electron chi connectivity index (χ4n) is 2.89. The first-order valence-corrected chi connectivity index (χ1v) is 11.9. The first-order chi connectivity index (χ1) is 12.0. The van der Waals surface area contributed by atoms with Crippen LogP contribution in [0.5, 0.6) is 0 Å². The third-order valence-electron chi connectivity index (χ3n) is 4.39. The molecule has 6 heteroatoms. The van der Waals surface area contributed by atoms with Crippen LogP contribution in [-0.4, -0.2) is 22.7 Å². The third-order valence-corrected chi connectivity index (χ3v) is 4.90. The van der Waals surface area contributed by atoms with E-state index in [4.69, 9.17) is 14.5 Å². The number of rotatable bonds is 19. The van der Waals surface area contributed by atoms with E-state index in [9.17, 15) is 4.57 Å². The van der Waals surface area contributed by atoms with Gasteiger partial charge in [-0.05, 0) is 12.8 Å². The lowest BCUT2D eigenvalue weighted by molar-refractivity contribution is -0.0944. The lowest BCUT2D eigenvalue weighted by Gasteiger charge is -2.16. The SMILES string of the molecule is CCCCCCCCCCCCCCCCOC(CC)OP(=O)(O)O. The Morgan fingerprint density at radius 3 is 1.48 bits per heavy atom. The van der Waals surface area contributed by atoms with Crippen LogP contribution < -0.4 is 0 Å². The van der Waals surface area contributed by atoms with Gasteiger partial charge in [0.1, 0.15) is 0 Å². The Labute approximate surface area is 155 Å². The summed E-state index contributed by atoms with van der Waals surface area (Å²) in [5, 5.41) is 0. The molecule has 0 aliphatic heterocycles. The molecule has 1 unspecified atom stereocenters. The molecule has 0 rings (SSSR count). The van der Waals surface area contributed by atoms with Gasteiger partial charge in [0.2, 0.25) is 0 Å². The average molecular weight is 381 g/mol. The Morgan fingerprint density at radius 2 is 1.12 bits per heavy atom. The fourth-order valence-corrected chi connectivity index (χ4v) is 3.40. The van der Waals surface area contributed by atoms with Crippen molar-refractivity contribution in [3.8, 4) is 0 Å². The smallest absolute Gasteiger partial charge is 0.352 e. The van der Waals surface area contributed by atoms with Crippen LogP contribution in [0.1, 0.15) is 110 Å². The first-order valence-electron chi connectivity index (χ1n) is 10.3. The molecule has 5 nitrogen and oxygen atoms in total. The normalized spacial score (nSPS) is 13.3. The number of ether oxygens (including phenoxy) is 1. The standard InChI is InChI=1S/C19H41O5P/c1-3-5-6-7-8-9-10-11-12-13-14-15-16-17-18-23-19(4-2)24-25(20,21)22/h19H,3-18H2,1-2H3,(H2,20,21,22). The molecule has 0 spiro atoms. The molecule has 0 aromatic heterocycles. The zero-order chi connectivity index (χ0) is 18.8. The predicted octanol–water partition coefficient (Wildman–Crippen LogP) is 6.33. The Bertz CT molecular complexity index is 319. The number of hydrogen-bond acceptors (Lipinski definition) is 3. The van der Waals surface area contributed by atoms with Crippen molar-refractivity contribution < 1.29 is 23.6 Å². The molecule has 0 aromatic carbocycles. The molecule has 25 heavy (non-hydrogen) atoms. The van der Waals surface area contributed by atoms with E-state index in [0.29, 0.717) is 13.0 Å². The second-order valence-corrected chi connectivity index (χ2v) is 8.09. The Balaban J connectivity index is 3.24. The summed E-state index contributed by atoms with van der Waals surface area (Å²) >= 11 is 0. The van der Waals surface area contributed by atoms with Gasteiger partial charge in [0.25, 0.3) is 0 Å². The molecule has 0 aliphatic carbocycles. The molecule has 0 radical (unpaired) electrons. The molecule has 2 N–H and O–H groups in total.